The zero-order valence-corrected chi connectivity index (χ0v) is 12.4. The monoisotopic (exact) mass is 251 g/mol. The van der Waals surface area contributed by atoms with Crippen molar-refractivity contribution in [2.75, 3.05) is 13.1 Å². The Morgan fingerprint density at radius 1 is 1.28 bits per heavy atom. The molecule has 0 N–H and O–H groups in total. The van der Waals surface area contributed by atoms with Gasteiger partial charge >= 0.3 is 0 Å². The molecule has 104 valence electrons. The van der Waals surface area contributed by atoms with Gasteiger partial charge in [0.05, 0.1) is 0 Å². The molecule has 1 aliphatic heterocycles. The summed E-state index contributed by atoms with van der Waals surface area (Å²) in [7, 11) is 0. The van der Waals surface area contributed by atoms with Crippen LogP contribution >= 0.6 is 0 Å². The fourth-order valence-electron chi connectivity index (χ4n) is 3.84. The molecule has 2 fully saturated rings. The molecular formula is C16H29NO. The van der Waals surface area contributed by atoms with E-state index in [1.807, 2.05) is 13.8 Å². The topological polar surface area (TPSA) is 20.3 Å². The summed E-state index contributed by atoms with van der Waals surface area (Å²) in [6, 6.07) is 0. The summed E-state index contributed by atoms with van der Waals surface area (Å²) in [6.07, 6.45) is 9.57. The molecular weight excluding hydrogens is 222 g/mol. The van der Waals surface area contributed by atoms with E-state index in [4.69, 9.17) is 0 Å². The molecule has 2 heteroatoms. The Morgan fingerprint density at radius 3 is 2.39 bits per heavy atom. The second-order valence-corrected chi connectivity index (χ2v) is 6.90. The van der Waals surface area contributed by atoms with Crippen molar-refractivity contribution in [2.45, 2.75) is 65.7 Å². The third-order valence-corrected chi connectivity index (χ3v) is 5.04. The average Bonchev–Trinajstić information content (AvgIpc) is 2.33. The van der Waals surface area contributed by atoms with Gasteiger partial charge in [0, 0.05) is 19.0 Å². The number of carbonyl (C=O) groups is 1. The zero-order valence-electron chi connectivity index (χ0n) is 12.4. The Balaban J connectivity index is 1.73. The molecule has 18 heavy (non-hydrogen) atoms. The molecule has 2 aliphatic rings. The maximum absolute atomic E-state index is 11.9. The van der Waals surface area contributed by atoms with E-state index in [2.05, 4.69) is 11.8 Å². The highest BCUT2D eigenvalue weighted by molar-refractivity contribution is 5.78. The first-order valence-electron chi connectivity index (χ1n) is 7.85. The number of hydrogen-bond acceptors (Lipinski definition) is 1. The first-order valence-corrected chi connectivity index (χ1v) is 7.85. The molecule has 1 spiro atoms. The van der Waals surface area contributed by atoms with Crippen molar-refractivity contribution in [1.82, 2.24) is 4.90 Å². The quantitative estimate of drug-likeness (QED) is 0.743. The van der Waals surface area contributed by atoms with Crippen molar-refractivity contribution in [3.63, 3.8) is 0 Å². The number of nitrogens with zero attached hydrogens (tertiary/aromatic N) is 1. The fourth-order valence-corrected chi connectivity index (χ4v) is 3.84. The van der Waals surface area contributed by atoms with Gasteiger partial charge in [0.2, 0.25) is 5.91 Å². The number of unbranched alkanes of at least 4 members (excludes halogenated alkanes) is 1. The molecule has 2 rings (SSSR count). The van der Waals surface area contributed by atoms with Crippen LogP contribution in [0.5, 0.6) is 0 Å². The molecule has 0 radical (unpaired) electrons. The van der Waals surface area contributed by atoms with Crippen molar-refractivity contribution in [3.05, 3.63) is 0 Å². The molecule has 1 saturated heterocycles. The molecule has 0 aromatic heterocycles. The first kappa shape index (κ1) is 13.9. The number of likely N-dealkylation sites (tertiary alicyclic amines) is 1. The predicted octanol–water partition coefficient (Wildman–Crippen LogP) is 3.85. The number of hydrogen-bond donors (Lipinski definition) is 0. The molecule has 0 aromatic carbocycles. The van der Waals surface area contributed by atoms with Crippen LogP contribution in [0, 0.1) is 17.3 Å². The van der Waals surface area contributed by atoms with Gasteiger partial charge in [0.25, 0.3) is 0 Å². The Labute approximate surface area is 112 Å². The largest absolute Gasteiger partial charge is 0.342 e. The maximum atomic E-state index is 11.9. The van der Waals surface area contributed by atoms with E-state index in [-0.39, 0.29) is 5.92 Å². The van der Waals surface area contributed by atoms with Gasteiger partial charge in [-0.2, -0.15) is 0 Å². The Morgan fingerprint density at radius 2 is 1.89 bits per heavy atom. The molecule has 2 nitrogen and oxygen atoms in total. The third-order valence-electron chi connectivity index (χ3n) is 5.04. The minimum atomic E-state index is 0.165. The van der Waals surface area contributed by atoms with Crippen LogP contribution in [0.15, 0.2) is 0 Å². The van der Waals surface area contributed by atoms with Gasteiger partial charge in [0.1, 0.15) is 0 Å². The van der Waals surface area contributed by atoms with Crippen LogP contribution < -0.4 is 0 Å². The minimum Gasteiger partial charge on any atom is -0.342 e. The lowest BCUT2D eigenvalue weighted by atomic mass is 9.56. The van der Waals surface area contributed by atoms with Crippen molar-refractivity contribution < 1.29 is 4.79 Å². The van der Waals surface area contributed by atoms with Crippen LogP contribution in [-0.2, 0) is 4.79 Å². The molecule has 1 heterocycles. The fraction of sp³-hybridized carbons (Fsp3) is 0.938. The summed E-state index contributed by atoms with van der Waals surface area (Å²) < 4.78 is 0. The number of carbonyl (C=O) groups excluding carboxylic acids is 1. The smallest absolute Gasteiger partial charge is 0.225 e. The zero-order chi connectivity index (χ0) is 13.2. The summed E-state index contributed by atoms with van der Waals surface area (Å²) >= 11 is 0. The number of amides is 1. The van der Waals surface area contributed by atoms with Crippen LogP contribution in [0.1, 0.15) is 65.7 Å². The standard InChI is InChI=1S/C16H29NO/c1-4-5-6-14-11-16(12-14)7-9-17(10-8-16)15(18)13(2)3/h13-14H,4-12H2,1-3H3. The van der Waals surface area contributed by atoms with E-state index in [9.17, 15) is 4.79 Å². The van der Waals surface area contributed by atoms with Gasteiger partial charge in [-0.15, -0.1) is 0 Å². The molecule has 1 aliphatic carbocycles. The molecule has 1 saturated carbocycles. The number of rotatable bonds is 4. The van der Waals surface area contributed by atoms with Crippen LogP contribution in [0.3, 0.4) is 0 Å². The lowest BCUT2D eigenvalue weighted by Gasteiger charge is -2.52. The summed E-state index contributed by atoms with van der Waals surface area (Å²) in [4.78, 5) is 14.0. The SMILES string of the molecule is CCCCC1CC2(CCN(C(=O)C(C)C)CC2)C1. The predicted molar refractivity (Wildman–Crippen MR) is 75.3 cm³/mol. The summed E-state index contributed by atoms with van der Waals surface area (Å²) in [5.74, 6) is 1.52. The van der Waals surface area contributed by atoms with E-state index in [1.165, 1.54) is 44.9 Å². The number of piperidine rings is 1. The van der Waals surface area contributed by atoms with Crippen LogP contribution in [0.2, 0.25) is 0 Å². The van der Waals surface area contributed by atoms with Gasteiger partial charge in [-0.1, -0.05) is 40.0 Å². The second kappa shape index (κ2) is 5.63. The third kappa shape index (κ3) is 2.89. The summed E-state index contributed by atoms with van der Waals surface area (Å²) in [5.41, 5.74) is 0.631. The highest BCUT2D eigenvalue weighted by atomic mass is 16.2. The Hall–Kier alpha value is -0.530. The molecule has 0 bridgehead atoms. The van der Waals surface area contributed by atoms with Crippen molar-refractivity contribution in [2.24, 2.45) is 17.3 Å². The highest BCUT2D eigenvalue weighted by Crippen LogP contribution is 2.54. The van der Waals surface area contributed by atoms with Crippen molar-refractivity contribution in [1.29, 1.82) is 0 Å². The Kier molecular flexibility index (Phi) is 4.34. The van der Waals surface area contributed by atoms with Gasteiger partial charge in [-0.25, -0.2) is 0 Å². The molecule has 0 atom stereocenters. The van der Waals surface area contributed by atoms with Crippen LogP contribution in [-0.4, -0.2) is 23.9 Å². The van der Waals surface area contributed by atoms with Crippen LogP contribution in [0.4, 0.5) is 0 Å². The maximum Gasteiger partial charge on any atom is 0.225 e. The normalized spacial score (nSPS) is 23.4. The lowest BCUT2D eigenvalue weighted by Crippen LogP contribution is -2.49. The van der Waals surface area contributed by atoms with E-state index in [0.29, 0.717) is 11.3 Å². The lowest BCUT2D eigenvalue weighted by molar-refractivity contribution is -0.138. The summed E-state index contributed by atoms with van der Waals surface area (Å²) in [5, 5.41) is 0. The van der Waals surface area contributed by atoms with Gasteiger partial charge in [-0.05, 0) is 37.0 Å². The van der Waals surface area contributed by atoms with Gasteiger partial charge in [0.15, 0.2) is 0 Å². The van der Waals surface area contributed by atoms with Gasteiger partial charge < -0.3 is 4.90 Å². The Bertz CT molecular complexity index is 281. The summed E-state index contributed by atoms with van der Waals surface area (Å²) in [6.45, 7) is 8.33. The second-order valence-electron chi connectivity index (χ2n) is 6.90. The van der Waals surface area contributed by atoms with E-state index < -0.39 is 0 Å². The van der Waals surface area contributed by atoms with Crippen molar-refractivity contribution in [3.8, 4) is 0 Å². The van der Waals surface area contributed by atoms with E-state index >= 15 is 0 Å². The van der Waals surface area contributed by atoms with Gasteiger partial charge in [-0.3, -0.25) is 4.79 Å². The average molecular weight is 251 g/mol. The van der Waals surface area contributed by atoms with E-state index in [1.54, 1.807) is 0 Å². The highest BCUT2D eigenvalue weighted by Gasteiger charge is 2.45. The molecule has 0 unspecified atom stereocenters. The molecule has 1 amide bonds. The van der Waals surface area contributed by atoms with Crippen molar-refractivity contribution >= 4 is 5.91 Å². The first-order chi connectivity index (χ1) is 8.56. The minimum absolute atomic E-state index is 0.165. The van der Waals surface area contributed by atoms with E-state index in [0.717, 1.165) is 19.0 Å². The van der Waals surface area contributed by atoms with Crippen LogP contribution in [0.25, 0.3) is 0 Å². The molecule has 0 aromatic rings.